The summed E-state index contributed by atoms with van der Waals surface area (Å²) in [6, 6.07) is 7.65. The van der Waals surface area contributed by atoms with Gasteiger partial charge in [0.15, 0.2) is 0 Å². The number of ether oxygens (including phenoxy) is 1. The van der Waals surface area contributed by atoms with Crippen LogP contribution in [0.3, 0.4) is 0 Å². The van der Waals surface area contributed by atoms with E-state index in [1.807, 2.05) is 65.8 Å². The van der Waals surface area contributed by atoms with Crippen molar-refractivity contribution in [2.75, 3.05) is 0 Å². The number of aromatic nitrogens is 2. The first-order valence-electron chi connectivity index (χ1n) is 7.95. The zero-order valence-corrected chi connectivity index (χ0v) is 15.1. The predicted octanol–water partition coefficient (Wildman–Crippen LogP) is 4.06. The molecule has 2 rings (SSSR count). The molecule has 0 saturated carbocycles. The second-order valence-corrected chi connectivity index (χ2v) is 7.73. The molecule has 1 heterocycles. The van der Waals surface area contributed by atoms with E-state index in [1.165, 1.54) is 0 Å². The van der Waals surface area contributed by atoms with Gasteiger partial charge in [-0.15, -0.1) is 0 Å². The maximum atomic E-state index is 11.7. The summed E-state index contributed by atoms with van der Waals surface area (Å²) in [5.74, 6) is 1.17. The molecule has 6 heteroatoms. The summed E-state index contributed by atoms with van der Waals surface area (Å²) in [6.07, 6.45) is -0.431. The zero-order chi connectivity index (χ0) is 18.0. The van der Waals surface area contributed by atoms with E-state index in [4.69, 9.17) is 9.26 Å². The Morgan fingerprint density at radius 2 is 1.75 bits per heavy atom. The molecular formula is C18H25N3O3. The fourth-order valence-corrected chi connectivity index (χ4v) is 1.91. The van der Waals surface area contributed by atoms with Gasteiger partial charge in [0.05, 0.1) is 0 Å². The maximum Gasteiger partial charge on any atom is 0.407 e. The van der Waals surface area contributed by atoms with Gasteiger partial charge in [-0.25, -0.2) is 4.79 Å². The molecule has 0 aliphatic carbocycles. The normalized spacial score (nSPS) is 12.1. The second kappa shape index (κ2) is 6.63. The summed E-state index contributed by atoms with van der Waals surface area (Å²) in [7, 11) is 0. The van der Waals surface area contributed by atoms with Crippen molar-refractivity contribution in [2.45, 2.75) is 59.1 Å². The number of carbonyl (C=O) groups excluding carboxylic acids is 1. The molecule has 0 fully saturated rings. The van der Waals surface area contributed by atoms with Crippen LogP contribution in [0.1, 0.15) is 53.0 Å². The van der Waals surface area contributed by atoms with Crippen LogP contribution in [0.15, 0.2) is 28.8 Å². The summed E-state index contributed by atoms with van der Waals surface area (Å²) in [6.45, 7) is 12.0. The van der Waals surface area contributed by atoms with Crippen LogP contribution in [-0.2, 0) is 16.7 Å². The minimum Gasteiger partial charge on any atom is -0.444 e. The molecule has 6 nitrogen and oxygen atoms in total. The second-order valence-electron chi connectivity index (χ2n) is 7.73. The summed E-state index contributed by atoms with van der Waals surface area (Å²) >= 11 is 0. The van der Waals surface area contributed by atoms with E-state index in [9.17, 15) is 4.79 Å². The lowest BCUT2D eigenvalue weighted by Gasteiger charge is -2.19. The van der Waals surface area contributed by atoms with Crippen LogP contribution < -0.4 is 5.32 Å². The van der Waals surface area contributed by atoms with Gasteiger partial charge in [-0.05, 0) is 26.3 Å². The fourth-order valence-electron chi connectivity index (χ4n) is 1.91. The third kappa shape index (κ3) is 5.08. The van der Waals surface area contributed by atoms with E-state index in [2.05, 4.69) is 15.5 Å². The van der Waals surface area contributed by atoms with E-state index in [1.54, 1.807) is 0 Å². The summed E-state index contributed by atoms with van der Waals surface area (Å²) in [4.78, 5) is 16.1. The number of alkyl carbamates (subject to hydrolysis) is 1. The van der Waals surface area contributed by atoms with Crippen LogP contribution in [0.5, 0.6) is 0 Å². The van der Waals surface area contributed by atoms with Gasteiger partial charge in [0, 0.05) is 17.5 Å². The number of nitrogens with zero attached hydrogens (tertiary/aromatic N) is 2. The van der Waals surface area contributed by atoms with E-state index >= 15 is 0 Å². The lowest BCUT2D eigenvalue weighted by atomic mass is 9.97. The van der Waals surface area contributed by atoms with Crippen molar-refractivity contribution >= 4 is 6.09 Å². The molecule has 0 bridgehead atoms. The van der Waals surface area contributed by atoms with Crippen LogP contribution in [0.2, 0.25) is 0 Å². The lowest BCUT2D eigenvalue weighted by molar-refractivity contribution is 0.0523. The van der Waals surface area contributed by atoms with E-state index in [-0.39, 0.29) is 5.41 Å². The largest absolute Gasteiger partial charge is 0.444 e. The molecule has 1 N–H and O–H groups in total. The Morgan fingerprint density at radius 1 is 1.12 bits per heavy atom. The molecule has 130 valence electrons. The van der Waals surface area contributed by atoms with Gasteiger partial charge in [0.25, 0.3) is 0 Å². The number of hydrogen-bond donors (Lipinski definition) is 1. The molecular weight excluding hydrogens is 306 g/mol. The molecule has 2 aromatic rings. The number of nitrogens with one attached hydrogen (secondary N) is 1. The van der Waals surface area contributed by atoms with Crippen molar-refractivity contribution in [1.29, 1.82) is 0 Å². The standard InChI is InChI=1S/C18H25N3O3/c1-17(2,3)15-20-14(21-24-15)13-9-7-12(8-10-13)11-19-16(22)23-18(4,5)6/h7-10H,11H2,1-6H3,(H,19,22). The first kappa shape index (κ1) is 18.0. The van der Waals surface area contributed by atoms with Crippen molar-refractivity contribution in [3.63, 3.8) is 0 Å². The molecule has 1 aromatic heterocycles. The third-order valence-electron chi connectivity index (χ3n) is 3.12. The molecule has 24 heavy (non-hydrogen) atoms. The van der Waals surface area contributed by atoms with E-state index in [0.29, 0.717) is 18.3 Å². The molecule has 0 spiro atoms. The average molecular weight is 331 g/mol. The summed E-state index contributed by atoms with van der Waals surface area (Å²) < 4.78 is 10.5. The smallest absolute Gasteiger partial charge is 0.407 e. The first-order valence-corrected chi connectivity index (χ1v) is 7.95. The van der Waals surface area contributed by atoms with E-state index < -0.39 is 11.7 Å². The molecule has 1 aromatic carbocycles. The Hall–Kier alpha value is -2.37. The van der Waals surface area contributed by atoms with Crippen LogP contribution in [0, 0.1) is 0 Å². The van der Waals surface area contributed by atoms with Crippen molar-refractivity contribution in [3.8, 4) is 11.4 Å². The highest BCUT2D eigenvalue weighted by molar-refractivity contribution is 5.67. The zero-order valence-electron chi connectivity index (χ0n) is 15.1. The topological polar surface area (TPSA) is 77.2 Å². The highest BCUT2D eigenvalue weighted by Crippen LogP contribution is 2.23. The SMILES string of the molecule is CC(C)(C)OC(=O)NCc1ccc(-c2noc(C(C)(C)C)n2)cc1. The number of amides is 1. The highest BCUT2D eigenvalue weighted by atomic mass is 16.6. The number of rotatable bonds is 3. The van der Waals surface area contributed by atoms with Crippen LogP contribution >= 0.6 is 0 Å². The van der Waals surface area contributed by atoms with Gasteiger partial charge >= 0.3 is 6.09 Å². The Balaban J connectivity index is 1.98. The number of hydrogen-bond acceptors (Lipinski definition) is 5. The molecule has 0 unspecified atom stereocenters. The lowest BCUT2D eigenvalue weighted by Crippen LogP contribution is -2.32. The summed E-state index contributed by atoms with van der Waals surface area (Å²) in [5, 5.41) is 6.75. The molecule has 0 aliphatic rings. The monoisotopic (exact) mass is 331 g/mol. The van der Waals surface area contributed by atoms with Gasteiger partial charge in [-0.2, -0.15) is 4.98 Å². The van der Waals surface area contributed by atoms with Gasteiger partial charge < -0.3 is 14.6 Å². The van der Waals surface area contributed by atoms with Crippen LogP contribution in [0.4, 0.5) is 4.79 Å². The van der Waals surface area contributed by atoms with E-state index in [0.717, 1.165) is 11.1 Å². The molecule has 0 atom stereocenters. The van der Waals surface area contributed by atoms with Gasteiger partial charge in [-0.1, -0.05) is 50.2 Å². The quantitative estimate of drug-likeness (QED) is 0.917. The summed E-state index contributed by atoms with van der Waals surface area (Å²) in [5.41, 5.74) is 1.15. The van der Waals surface area contributed by atoms with Crippen molar-refractivity contribution < 1.29 is 14.1 Å². The van der Waals surface area contributed by atoms with Gasteiger partial charge in [0.1, 0.15) is 5.60 Å². The van der Waals surface area contributed by atoms with Crippen molar-refractivity contribution in [2.24, 2.45) is 0 Å². The van der Waals surface area contributed by atoms with Crippen molar-refractivity contribution in [3.05, 3.63) is 35.7 Å². The third-order valence-corrected chi connectivity index (χ3v) is 3.12. The van der Waals surface area contributed by atoms with Crippen LogP contribution in [-0.4, -0.2) is 21.8 Å². The molecule has 0 aliphatic heterocycles. The Morgan fingerprint density at radius 3 is 2.25 bits per heavy atom. The minimum atomic E-state index is -0.503. The number of benzene rings is 1. The number of carbonyl (C=O) groups is 1. The Kier molecular flexibility index (Phi) is 4.96. The average Bonchev–Trinajstić information content (AvgIpc) is 2.93. The Labute approximate surface area is 142 Å². The molecule has 0 radical (unpaired) electrons. The van der Waals surface area contributed by atoms with Crippen LogP contribution in [0.25, 0.3) is 11.4 Å². The minimum absolute atomic E-state index is 0.178. The molecule has 0 saturated heterocycles. The first-order chi connectivity index (χ1) is 11.0. The maximum absolute atomic E-state index is 11.7. The Bertz CT molecular complexity index is 692. The highest BCUT2D eigenvalue weighted by Gasteiger charge is 2.22. The fraction of sp³-hybridized carbons (Fsp3) is 0.500. The van der Waals surface area contributed by atoms with Crippen molar-refractivity contribution in [1.82, 2.24) is 15.5 Å². The molecule has 1 amide bonds. The van der Waals surface area contributed by atoms with Gasteiger partial charge in [0.2, 0.25) is 11.7 Å². The van der Waals surface area contributed by atoms with Gasteiger partial charge in [-0.3, -0.25) is 0 Å². The predicted molar refractivity (Wildman–Crippen MR) is 91.5 cm³/mol.